The quantitative estimate of drug-likeness (QED) is 0.698. The van der Waals surface area contributed by atoms with E-state index in [4.69, 9.17) is 15.9 Å². The van der Waals surface area contributed by atoms with Crippen LogP contribution in [0, 0.1) is 5.82 Å². The largest absolute Gasteiger partial charge is 0.424 e. The molecule has 6 heteroatoms. The van der Waals surface area contributed by atoms with Crippen molar-refractivity contribution in [3.05, 3.63) is 23.5 Å². The number of nitrogens with zero attached hydrogens (tertiary/aromatic N) is 1. The topological polar surface area (TPSA) is 95.1 Å². The molecule has 1 aromatic carbocycles. The second-order valence-electron chi connectivity index (χ2n) is 2.72. The molecule has 0 bridgehead atoms. The van der Waals surface area contributed by atoms with E-state index in [1.807, 2.05) is 0 Å². The normalized spacial score (nSPS) is 10.6. The number of halogens is 1. The number of hydrogen-bond acceptors (Lipinski definition) is 4. The summed E-state index contributed by atoms with van der Waals surface area (Å²) >= 11 is 0. The maximum atomic E-state index is 12.9. The Morgan fingerprint density at radius 2 is 2.21 bits per heavy atom. The van der Waals surface area contributed by atoms with E-state index in [-0.39, 0.29) is 22.7 Å². The SMILES string of the molecule is NC(=O)c1cc(F)cc2oc(N)nc12. The minimum Gasteiger partial charge on any atom is -0.424 e. The van der Waals surface area contributed by atoms with Gasteiger partial charge in [-0.2, -0.15) is 4.98 Å². The Kier molecular flexibility index (Phi) is 1.63. The molecule has 1 heterocycles. The molecular weight excluding hydrogens is 189 g/mol. The molecule has 4 N–H and O–H groups in total. The fourth-order valence-corrected chi connectivity index (χ4v) is 1.20. The third kappa shape index (κ3) is 1.17. The summed E-state index contributed by atoms with van der Waals surface area (Å²) in [6, 6.07) is 1.95. The predicted molar refractivity (Wildman–Crippen MR) is 46.9 cm³/mol. The molecule has 2 aromatic rings. The van der Waals surface area contributed by atoms with Crippen LogP contribution in [-0.2, 0) is 0 Å². The molecule has 0 aliphatic rings. The van der Waals surface area contributed by atoms with Crippen LogP contribution in [0.25, 0.3) is 11.1 Å². The molecule has 0 aliphatic carbocycles. The number of rotatable bonds is 1. The van der Waals surface area contributed by atoms with Crippen molar-refractivity contribution >= 4 is 23.0 Å². The molecular formula is C8H6FN3O2. The molecule has 1 amide bonds. The summed E-state index contributed by atoms with van der Waals surface area (Å²) in [5.74, 6) is -1.40. The fourth-order valence-electron chi connectivity index (χ4n) is 1.20. The Balaban J connectivity index is 2.85. The van der Waals surface area contributed by atoms with Gasteiger partial charge >= 0.3 is 0 Å². The molecule has 0 aliphatic heterocycles. The molecule has 0 spiro atoms. The van der Waals surface area contributed by atoms with Crippen molar-refractivity contribution in [3.8, 4) is 0 Å². The van der Waals surface area contributed by atoms with Crippen LogP contribution in [0.5, 0.6) is 0 Å². The average Bonchev–Trinajstić information content (AvgIpc) is 2.42. The van der Waals surface area contributed by atoms with Crippen LogP contribution in [-0.4, -0.2) is 10.9 Å². The first-order valence-electron chi connectivity index (χ1n) is 3.73. The van der Waals surface area contributed by atoms with Gasteiger partial charge in [-0.3, -0.25) is 4.79 Å². The number of hydrogen-bond donors (Lipinski definition) is 2. The lowest BCUT2D eigenvalue weighted by Crippen LogP contribution is -2.11. The lowest BCUT2D eigenvalue weighted by atomic mass is 10.2. The number of amides is 1. The first-order valence-corrected chi connectivity index (χ1v) is 3.73. The molecule has 5 nitrogen and oxygen atoms in total. The van der Waals surface area contributed by atoms with Gasteiger partial charge in [0.15, 0.2) is 5.58 Å². The Hall–Kier alpha value is -2.11. The highest BCUT2D eigenvalue weighted by atomic mass is 19.1. The van der Waals surface area contributed by atoms with Crippen LogP contribution in [0.4, 0.5) is 10.4 Å². The summed E-state index contributed by atoms with van der Waals surface area (Å²) in [4.78, 5) is 14.6. The highest BCUT2D eigenvalue weighted by Crippen LogP contribution is 2.21. The molecule has 0 fully saturated rings. The van der Waals surface area contributed by atoms with Crippen molar-refractivity contribution in [3.63, 3.8) is 0 Å². The second kappa shape index (κ2) is 2.69. The van der Waals surface area contributed by atoms with Gasteiger partial charge in [-0.15, -0.1) is 0 Å². The number of fused-ring (bicyclic) bond motifs is 1. The van der Waals surface area contributed by atoms with Gasteiger partial charge in [-0.1, -0.05) is 0 Å². The highest BCUT2D eigenvalue weighted by molar-refractivity contribution is 6.03. The zero-order valence-electron chi connectivity index (χ0n) is 6.95. The van der Waals surface area contributed by atoms with Crippen molar-refractivity contribution in [2.75, 3.05) is 5.73 Å². The summed E-state index contributed by atoms with van der Waals surface area (Å²) in [5.41, 5.74) is 10.5. The molecule has 0 unspecified atom stereocenters. The summed E-state index contributed by atoms with van der Waals surface area (Å²) in [7, 11) is 0. The average molecular weight is 195 g/mol. The van der Waals surface area contributed by atoms with E-state index in [1.165, 1.54) is 0 Å². The van der Waals surface area contributed by atoms with E-state index in [9.17, 15) is 9.18 Å². The van der Waals surface area contributed by atoms with Gasteiger partial charge in [0.2, 0.25) is 0 Å². The maximum Gasteiger partial charge on any atom is 0.293 e. The van der Waals surface area contributed by atoms with Gasteiger partial charge in [-0.05, 0) is 6.07 Å². The van der Waals surface area contributed by atoms with Crippen LogP contribution in [0.15, 0.2) is 16.5 Å². The molecule has 0 saturated heterocycles. The number of aromatic nitrogens is 1. The number of anilines is 1. The summed E-state index contributed by atoms with van der Waals surface area (Å²) in [6.07, 6.45) is 0. The molecule has 1 aromatic heterocycles. The number of primary amides is 1. The second-order valence-corrected chi connectivity index (χ2v) is 2.72. The number of nitrogen functional groups attached to an aromatic ring is 1. The molecule has 14 heavy (non-hydrogen) atoms. The van der Waals surface area contributed by atoms with Crippen molar-refractivity contribution in [2.45, 2.75) is 0 Å². The fraction of sp³-hybridized carbons (Fsp3) is 0. The highest BCUT2D eigenvalue weighted by Gasteiger charge is 2.14. The molecule has 2 rings (SSSR count). The lowest BCUT2D eigenvalue weighted by molar-refractivity contribution is 0.100. The van der Waals surface area contributed by atoms with Gasteiger partial charge in [0.05, 0.1) is 5.56 Å². The van der Waals surface area contributed by atoms with Gasteiger partial charge in [0, 0.05) is 6.07 Å². The van der Waals surface area contributed by atoms with Gasteiger partial charge in [-0.25, -0.2) is 4.39 Å². The maximum absolute atomic E-state index is 12.9. The number of carbonyl (C=O) groups is 1. The van der Waals surface area contributed by atoms with Crippen LogP contribution < -0.4 is 11.5 Å². The zero-order chi connectivity index (χ0) is 10.3. The van der Waals surface area contributed by atoms with Crippen LogP contribution in [0.3, 0.4) is 0 Å². The van der Waals surface area contributed by atoms with Crippen molar-refractivity contribution in [2.24, 2.45) is 5.73 Å². The summed E-state index contributed by atoms with van der Waals surface area (Å²) in [6.45, 7) is 0. The number of oxazole rings is 1. The van der Waals surface area contributed by atoms with E-state index < -0.39 is 11.7 Å². The van der Waals surface area contributed by atoms with Crippen LogP contribution in [0.1, 0.15) is 10.4 Å². The molecule has 0 radical (unpaired) electrons. The Morgan fingerprint density at radius 1 is 1.50 bits per heavy atom. The summed E-state index contributed by atoms with van der Waals surface area (Å²) in [5, 5.41) is 0. The van der Waals surface area contributed by atoms with Gasteiger partial charge in [0.1, 0.15) is 11.3 Å². The van der Waals surface area contributed by atoms with Crippen LogP contribution >= 0.6 is 0 Å². The smallest absolute Gasteiger partial charge is 0.293 e. The Bertz CT molecular complexity index is 521. The van der Waals surface area contributed by atoms with E-state index >= 15 is 0 Å². The zero-order valence-corrected chi connectivity index (χ0v) is 6.95. The minimum atomic E-state index is -0.775. The standard InChI is InChI=1S/C8H6FN3O2/c9-3-1-4(7(10)13)6-5(2-3)14-8(11)12-6/h1-2H,(H2,10,13)(H2,11,12). The minimum absolute atomic E-state index is 0.0412. The Labute approximate surface area is 77.5 Å². The number of benzene rings is 1. The molecule has 0 saturated carbocycles. The summed E-state index contributed by atoms with van der Waals surface area (Å²) < 4.78 is 17.8. The van der Waals surface area contributed by atoms with E-state index in [0.29, 0.717) is 0 Å². The third-order valence-corrected chi connectivity index (χ3v) is 1.74. The number of nitrogens with two attached hydrogens (primary N) is 2. The predicted octanol–water partition coefficient (Wildman–Crippen LogP) is 0.648. The van der Waals surface area contributed by atoms with Crippen LogP contribution in [0.2, 0.25) is 0 Å². The monoisotopic (exact) mass is 195 g/mol. The molecule has 0 atom stereocenters. The number of carbonyl (C=O) groups excluding carboxylic acids is 1. The lowest BCUT2D eigenvalue weighted by Gasteiger charge is -1.95. The first-order chi connectivity index (χ1) is 6.58. The Morgan fingerprint density at radius 3 is 2.86 bits per heavy atom. The van der Waals surface area contributed by atoms with Crippen molar-refractivity contribution < 1.29 is 13.6 Å². The van der Waals surface area contributed by atoms with Gasteiger partial charge in [0.25, 0.3) is 11.9 Å². The van der Waals surface area contributed by atoms with E-state index in [1.54, 1.807) is 0 Å². The molecule has 72 valence electrons. The van der Waals surface area contributed by atoms with Crippen molar-refractivity contribution in [1.82, 2.24) is 4.98 Å². The van der Waals surface area contributed by atoms with Crippen molar-refractivity contribution in [1.29, 1.82) is 0 Å². The van der Waals surface area contributed by atoms with E-state index in [2.05, 4.69) is 4.98 Å². The first kappa shape index (κ1) is 8.49. The van der Waals surface area contributed by atoms with Gasteiger partial charge < -0.3 is 15.9 Å². The third-order valence-electron chi connectivity index (χ3n) is 1.74. The van der Waals surface area contributed by atoms with E-state index in [0.717, 1.165) is 12.1 Å².